The van der Waals surface area contributed by atoms with Gasteiger partial charge < -0.3 is 5.11 Å². The fraction of sp³-hybridized carbons (Fsp3) is 0.0625. The summed E-state index contributed by atoms with van der Waals surface area (Å²) in [6.07, 6.45) is 0.191. The lowest BCUT2D eigenvalue weighted by Crippen LogP contribution is -2.12. The highest BCUT2D eigenvalue weighted by Crippen LogP contribution is 2.33. The SMILES string of the molecule is Cc1ccc(S(=O)(=O)n2ccc3c(NC(=O)O)c(Br)ccc32)cc1. The van der Waals surface area contributed by atoms with E-state index in [0.717, 1.165) is 9.54 Å². The summed E-state index contributed by atoms with van der Waals surface area (Å²) in [5, 5.41) is 11.7. The number of carboxylic acid groups (broad SMARTS) is 1. The number of anilines is 1. The first-order valence-electron chi connectivity index (χ1n) is 6.92. The van der Waals surface area contributed by atoms with Crippen molar-refractivity contribution in [2.45, 2.75) is 11.8 Å². The summed E-state index contributed by atoms with van der Waals surface area (Å²) in [5.41, 5.74) is 1.66. The summed E-state index contributed by atoms with van der Waals surface area (Å²) in [5.74, 6) is 0. The molecule has 0 aliphatic heterocycles. The van der Waals surface area contributed by atoms with Crippen LogP contribution in [0.3, 0.4) is 0 Å². The molecule has 2 N–H and O–H groups in total. The number of aryl methyl sites for hydroxylation is 1. The normalized spacial score (nSPS) is 11.6. The minimum Gasteiger partial charge on any atom is -0.465 e. The molecule has 2 aromatic carbocycles. The number of hydrogen-bond acceptors (Lipinski definition) is 3. The minimum absolute atomic E-state index is 0.168. The summed E-state index contributed by atoms with van der Waals surface area (Å²) in [6, 6.07) is 11.3. The van der Waals surface area contributed by atoms with Gasteiger partial charge in [-0.1, -0.05) is 17.7 Å². The Bertz CT molecular complexity index is 1040. The van der Waals surface area contributed by atoms with Gasteiger partial charge in [0.25, 0.3) is 10.0 Å². The number of benzene rings is 2. The molecular weight excluding hydrogens is 396 g/mol. The number of nitrogens with one attached hydrogen (secondary N) is 1. The van der Waals surface area contributed by atoms with Gasteiger partial charge in [-0.15, -0.1) is 0 Å². The Hall–Kier alpha value is -2.32. The third kappa shape index (κ3) is 2.78. The number of rotatable bonds is 3. The van der Waals surface area contributed by atoms with Crippen molar-refractivity contribution in [1.82, 2.24) is 3.97 Å². The molecule has 8 heteroatoms. The monoisotopic (exact) mass is 408 g/mol. The molecule has 0 spiro atoms. The third-order valence-electron chi connectivity index (χ3n) is 3.60. The van der Waals surface area contributed by atoms with Gasteiger partial charge in [0.2, 0.25) is 0 Å². The lowest BCUT2D eigenvalue weighted by molar-refractivity contribution is 0.210. The van der Waals surface area contributed by atoms with E-state index < -0.39 is 16.1 Å². The van der Waals surface area contributed by atoms with Gasteiger partial charge in [0.15, 0.2) is 0 Å². The topological polar surface area (TPSA) is 88.4 Å². The van der Waals surface area contributed by atoms with Crippen LogP contribution >= 0.6 is 15.9 Å². The van der Waals surface area contributed by atoms with Crippen molar-refractivity contribution in [2.24, 2.45) is 0 Å². The lowest BCUT2D eigenvalue weighted by Gasteiger charge is -2.10. The molecule has 24 heavy (non-hydrogen) atoms. The second kappa shape index (κ2) is 5.95. The number of amides is 1. The molecular formula is C16H13BrN2O4S. The fourth-order valence-electron chi connectivity index (χ4n) is 2.43. The van der Waals surface area contributed by atoms with Gasteiger partial charge in [-0.05, 0) is 53.2 Å². The molecule has 0 aliphatic rings. The second-order valence-electron chi connectivity index (χ2n) is 5.21. The molecule has 124 valence electrons. The number of aromatic nitrogens is 1. The van der Waals surface area contributed by atoms with Gasteiger partial charge in [0, 0.05) is 16.1 Å². The maximum absolute atomic E-state index is 12.9. The van der Waals surface area contributed by atoms with Crippen LogP contribution in [0, 0.1) is 6.92 Å². The number of nitrogens with zero attached hydrogens (tertiary/aromatic N) is 1. The molecule has 0 aliphatic carbocycles. The van der Waals surface area contributed by atoms with Crippen molar-refractivity contribution in [2.75, 3.05) is 5.32 Å². The number of carbonyl (C=O) groups is 1. The van der Waals surface area contributed by atoms with Crippen molar-refractivity contribution in [3.8, 4) is 0 Å². The predicted octanol–water partition coefficient (Wildman–Crippen LogP) is 4.04. The van der Waals surface area contributed by atoms with Crippen molar-refractivity contribution in [1.29, 1.82) is 0 Å². The molecule has 0 atom stereocenters. The van der Waals surface area contributed by atoms with Crippen molar-refractivity contribution in [3.05, 3.63) is 58.7 Å². The molecule has 3 rings (SSSR count). The molecule has 0 radical (unpaired) electrons. The molecule has 3 aromatic rings. The Morgan fingerprint density at radius 1 is 1.12 bits per heavy atom. The molecule has 1 aromatic heterocycles. The van der Waals surface area contributed by atoms with E-state index in [-0.39, 0.29) is 4.90 Å². The summed E-state index contributed by atoms with van der Waals surface area (Å²) in [7, 11) is -3.77. The van der Waals surface area contributed by atoms with E-state index in [2.05, 4.69) is 21.2 Å². The first-order chi connectivity index (χ1) is 11.3. The molecule has 1 amide bonds. The van der Waals surface area contributed by atoms with Crippen LogP contribution in [-0.2, 0) is 10.0 Å². The average molecular weight is 409 g/mol. The van der Waals surface area contributed by atoms with Crippen LogP contribution in [0.15, 0.2) is 58.0 Å². The third-order valence-corrected chi connectivity index (χ3v) is 5.96. The molecule has 1 heterocycles. The van der Waals surface area contributed by atoms with Gasteiger partial charge in [0.1, 0.15) is 0 Å². The smallest absolute Gasteiger partial charge is 0.409 e. The predicted molar refractivity (Wildman–Crippen MR) is 95.0 cm³/mol. The zero-order valence-corrected chi connectivity index (χ0v) is 14.9. The minimum atomic E-state index is -3.77. The molecule has 0 fully saturated rings. The lowest BCUT2D eigenvalue weighted by atomic mass is 10.2. The van der Waals surface area contributed by atoms with Crippen molar-refractivity contribution < 1.29 is 18.3 Å². The second-order valence-corrected chi connectivity index (χ2v) is 7.88. The average Bonchev–Trinajstić information content (AvgIpc) is 2.95. The van der Waals surface area contributed by atoms with Crippen LogP contribution < -0.4 is 5.32 Å². The van der Waals surface area contributed by atoms with E-state index in [9.17, 15) is 13.2 Å². The Labute approximate surface area is 146 Å². The van der Waals surface area contributed by atoms with E-state index in [1.807, 2.05) is 6.92 Å². The van der Waals surface area contributed by atoms with Crippen LogP contribution in [0.4, 0.5) is 10.5 Å². The molecule has 0 saturated carbocycles. The van der Waals surface area contributed by atoms with Gasteiger partial charge >= 0.3 is 6.09 Å². The van der Waals surface area contributed by atoms with Crippen LogP contribution in [0.25, 0.3) is 10.9 Å². The largest absolute Gasteiger partial charge is 0.465 e. The maximum atomic E-state index is 12.9. The fourth-order valence-corrected chi connectivity index (χ4v) is 4.22. The Kier molecular flexibility index (Phi) is 4.10. The van der Waals surface area contributed by atoms with Gasteiger partial charge in [0.05, 0.1) is 16.1 Å². The quantitative estimate of drug-likeness (QED) is 0.684. The summed E-state index contributed by atoms with van der Waals surface area (Å²) in [6.45, 7) is 1.88. The van der Waals surface area contributed by atoms with Crippen LogP contribution in [0.5, 0.6) is 0 Å². The Morgan fingerprint density at radius 2 is 1.79 bits per heavy atom. The highest BCUT2D eigenvalue weighted by Gasteiger charge is 2.20. The van der Waals surface area contributed by atoms with E-state index in [4.69, 9.17) is 5.11 Å². The van der Waals surface area contributed by atoms with Gasteiger partial charge in [-0.3, -0.25) is 5.32 Å². The van der Waals surface area contributed by atoms with E-state index in [1.165, 1.54) is 6.20 Å². The summed E-state index contributed by atoms with van der Waals surface area (Å²) >= 11 is 3.27. The Balaban J connectivity index is 2.21. The van der Waals surface area contributed by atoms with Gasteiger partial charge in [-0.25, -0.2) is 17.2 Å². The van der Waals surface area contributed by atoms with Crippen LogP contribution in [0.1, 0.15) is 5.56 Å². The molecule has 0 unspecified atom stereocenters. The zero-order valence-electron chi connectivity index (χ0n) is 12.5. The van der Waals surface area contributed by atoms with E-state index >= 15 is 0 Å². The first-order valence-corrected chi connectivity index (χ1v) is 9.16. The van der Waals surface area contributed by atoms with Crippen LogP contribution in [0.2, 0.25) is 0 Å². The maximum Gasteiger partial charge on any atom is 0.409 e. The number of fused-ring (bicyclic) bond motifs is 1. The van der Waals surface area contributed by atoms with E-state index in [1.54, 1.807) is 42.5 Å². The number of halogens is 1. The molecule has 0 saturated heterocycles. The van der Waals surface area contributed by atoms with E-state index in [0.29, 0.717) is 21.1 Å². The summed E-state index contributed by atoms with van der Waals surface area (Å²) in [4.78, 5) is 11.1. The molecule has 6 nitrogen and oxygen atoms in total. The van der Waals surface area contributed by atoms with Crippen molar-refractivity contribution >= 4 is 48.6 Å². The highest BCUT2D eigenvalue weighted by atomic mass is 79.9. The Morgan fingerprint density at radius 3 is 2.42 bits per heavy atom. The van der Waals surface area contributed by atoms with Gasteiger partial charge in [-0.2, -0.15) is 0 Å². The number of hydrogen-bond donors (Lipinski definition) is 2. The molecule has 0 bridgehead atoms. The standard InChI is InChI=1S/C16H13BrN2O4S/c1-10-2-4-11(5-3-10)24(22,23)19-9-8-12-14(19)7-6-13(17)15(12)18-16(20)21/h2-9,18H,1H3,(H,20,21). The first kappa shape index (κ1) is 16.5. The van der Waals surface area contributed by atoms with Crippen LogP contribution in [-0.4, -0.2) is 23.6 Å². The highest BCUT2D eigenvalue weighted by molar-refractivity contribution is 9.10. The zero-order chi connectivity index (χ0) is 17.5. The summed E-state index contributed by atoms with van der Waals surface area (Å²) < 4.78 is 27.4. The van der Waals surface area contributed by atoms with Crippen molar-refractivity contribution in [3.63, 3.8) is 0 Å².